The molecule has 1 heterocycles. The van der Waals surface area contributed by atoms with Gasteiger partial charge in [0.1, 0.15) is 0 Å². The third-order valence-electron chi connectivity index (χ3n) is 2.88. The number of likely N-dealkylation sites (N-methyl/N-ethyl adjacent to an activating group) is 1. The van der Waals surface area contributed by atoms with Gasteiger partial charge < -0.3 is 0 Å². The molecule has 0 radical (unpaired) electrons. The summed E-state index contributed by atoms with van der Waals surface area (Å²) in [7, 11) is 2.15. The molecule has 3 heteroatoms. The van der Waals surface area contributed by atoms with E-state index in [4.69, 9.17) is 5.73 Å². The van der Waals surface area contributed by atoms with Crippen LogP contribution in [-0.2, 0) is 19.4 Å². The van der Waals surface area contributed by atoms with E-state index < -0.39 is 0 Å². The molecule has 0 aromatic heterocycles. The van der Waals surface area contributed by atoms with Crippen molar-refractivity contribution in [3.05, 3.63) is 47.2 Å². The van der Waals surface area contributed by atoms with E-state index in [0.717, 1.165) is 25.1 Å². The van der Waals surface area contributed by atoms with Gasteiger partial charge in [-0.25, -0.2) is 0 Å². The molecule has 0 atom stereocenters. The van der Waals surface area contributed by atoms with Crippen LogP contribution in [0.15, 0.2) is 35.9 Å². The first-order chi connectivity index (χ1) is 7.68. The molecule has 0 spiro atoms. The topological polar surface area (TPSA) is 27.0 Å². The maximum atomic E-state index is 7.91. The van der Waals surface area contributed by atoms with Gasteiger partial charge in [0.2, 0.25) is 0 Å². The van der Waals surface area contributed by atoms with E-state index in [1.165, 1.54) is 28.8 Å². The number of nitrogens with zero attached hydrogens (tertiary/aromatic N) is 1. The molecule has 1 N–H and O–H groups in total. The van der Waals surface area contributed by atoms with Crippen LogP contribution in [-0.4, -0.2) is 28.9 Å². The van der Waals surface area contributed by atoms with Crippen molar-refractivity contribution in [1.29, 1.82) is 0 Å². The Balaban J connectivity index is 2.23. The van der Waals surface area contributed by atoms with Gasteiger partial charge in [-0.15, -0.1) is 0 Å². The second-order valence-electron chi connectivity index (χ2n) is 4.12. The molecule has 2 rings (SSSR count). The van der Waals surface area contributed by atoms with Crippen LogP contribution in [0, 0.1) is 0 Å². The van der Waals surface area contributed by atoms with Crippen LogP contribution in [0.2, 0.25) is 0 Å². The Labute approximate surface area is 108 Å². The fourth-order valence-electron chi connectivity index (χ4n) is 1.83. The average molecular weight is 383 g/mol. The fraction of sp³-hybridized carbons (Fsp3) is 0.308. The zero-order chi connectivity index (χ0) is 11.5. The van der Waals surface area contributed by atoms with E-state index >= 15 is 0 Å². The Morgan fingerprint density at radius 1 is 1.38 bits per heavy atom. The van der Waals surface area contributed by atoms with Gasteiger partial charge in [0.15, 0.2) is 0 Å². The Morgan fingerprint density at radius 3 is 2.75 bits per heavy atom. The minimum absolute atomic E-state index is 0.646. The van der Waals surface area contributed by atoms with Crippen LogP contribution in [0.4, 0.5) is 5.69 Å². The molecule has 0 amide bonds. The van der Waals surface area contributed by atoms with Crippen molar-refractivity contribution >= 4 is 9.59 Å². The SMILES string of the molecule is CN1CC=C([C](=[W])c2ccccc2[NH-])CC1. The Bertz CT molecular complexity index is 437. The summed E-state index contributed by atoms with van der Waals surface area (Å²) in [5, 5.41) is 0. The van der Waals surface area contributed by atoms with Gasteiger partial charge in [0, 0.05) is 0 Å². The van der Waals surface area contributed by atoms with Crippen molar-refractivity contribution < 1.29 is 19.4 Å². The van der Waals surface area contributed by atoms with Gasteiger partial charge in [-0.3, -0.25) is 0 Å². The van der Waals surface area contributed by atoms with Crippen LogP contribution in [0.3, 0.4) is 0 Å². The van der Waals surface area contributed by atoms with E-state index in [1.54, 1.807) is 0 Å². The first-order valence-electron chi connectivity index (χ1n) is 5.41. The third-order valence-corrected chi connectivity index (χ3v) is 4.61. The molecular formula is C13H15N2W-. The van der Waals surface area contributed by atoms with E-state index in [1.807, 2.05) is 18.2 Å². The second kappa shape index (κ2) is 5.07. The summed E-state index contributed by atoms with van der Waals surface area (Å²) in [5.74, 6) is 0. The summed E-state index contributed by atoms with van der Waals surface area (Å²) in [5.41, 5.74) is 11.1. The number of hydrogen-bond acceptors (Lipinski definition) is 1. The van der Waals surface area contributed by atoms with Crippen LogP contribution in [0.25, 0.3) is 5.73 Å². The fourth-order valence-corrected chi connectivity index (χ4v) is 3.14. The molecule has 1 aromatic carbocycles. The molecule has 84 valence electrons. The van der Waals surface area contributed by atoms with Crippen molar-refractivity contribution in [2.45, 2.75) is 6.42 Å². The first-order valence-corrected chi connectivity index (χ1v) is 6.88. The molecule has 0 aliphatic carbocycles. The molecule has 1 aromatic rings. The number of hydrogen-bond donors (Lipinski definition) is 0. The summed E-state index contributed by atoms with van der Waals surface area (Å²) in [6.07, 6.45) is 3.42. The van der Waals surface area contributed by atoms with Crippen LogP contribution in [0.5, 0.6) is 0 Å². The molecule has 1 aliphatic heterocycles. The predicted octanol–water partition coefficient (Wildman–Crippen LogP) is 2.70. The third kappa shape index (κ3) is 2.50. The number of rotatable bonds is 2. The molecule has 0 saturated carbocycles. The van der Waals surface area contributed by atoms with Gasteiger partial charge in [-0.05, 0) is 0 Å². The quantitative estimate of drug-likeness (QED) is 0.772. The molecule has 0 fully saturated rings. The standard InChI is InChI=1S/C13H15N2.W/c1-15-8-6-11(7-9-15)10-12-4-2-3-5-13(12)14;/h2-6,14H,7-9H2,1H3;/q-1;. The van der Waals surface area contributed by atoms with Crippen LogP contribution < -0.4 is 0 Å². The van der Waals surface area contributed by atoms with Crippen LogP contribution in [0.1, 0.15) is 12.0 Å². The minimum atomic E-state index is 0.646. The second-order valence-corrected chi connectivity index (χ2v) is 5.58. The van der Waals surface area contributed by atoms with E-state index in [0.29, 0.717) is 5.69 Å². The normalized spacial score (nSPS) is 16.9. The zero-order valence-corrected chi connectivity index (χ0v) is 12.3. The van der Waals surface area contributed by atoms with E-state index in [9.17, 15) is 0 Å². The molecule has 2 nitrogen and oxygen atoms in total. The first kappa shape index (κ1) is 11.8. The summed E-state index contributed by atoms with van der Waals surface area (Å²) in [6.45, 7) is 2.16. The van der Waals surface area contributed by atoms with Crippen molar-refractivity contribution in [3.8, 4) is 0 Å². The maximum absolute atomic E-state index is 7.91. The van der Waals surface area contributed by atoms with Gasteiger partial charge in [0.05, 0.1) is 0 Å². The number of nitrogens with one attached hydrogen (secondary N) is 1. The molecular weight excluding hydrogens is 368 g/mol. The Hall–Kier alpha value is -0.722. The van der Waals surface area contributed by atoms with Crippen molar-refractivity contribution in [3.63, 3.8) is 0 Å². The van der Waals surface area contributed by atoms with Gasteiger partial charge in [0.25, 0.3) is 0 Å². The molecule has 1 aliphatic rings. The van der Waals surface area contributed by atoms with Gasteiger partial charge in [-0.2, -0.15) is 0 Å². The van der Waals surface area contributed by atoms with Crippen molar-refractivity contribution in [1.82, 2.24) is 4.90 Å². The molecule has 0 saturated heterocycles. The summed E-state index contributed by atoms with van der Waals surface area (Å²) >= 11 is 1.46. The van der Waals surface area contributed by atoms with Crippen molar-refractivity contribution in [2.75, 3.05) is 20.1 Å². The summed E-state index contributed by atoms with van der Waals surface area (Å²) in [4.78, 5) is 2.32. The predicted molar refractivity (Wildman–Crippen MR) is 64.7 cm³/mol. The van der Waals surface area contributed by atoms with E-state index in [2.05, 4.69) is 24.1 Å². The molecule has 0 bridgehead atoms. The molecule has 16 heavy (non-hydrogen) atoms. The summed E-state index contributed by atoms with van der Waals surface area (Å²) in [6, 6.07) is 7.88. The van der Waals surface area contributed by atoms with Crippen LogP contribution >= 0.6 is 0 Å². The zero-order valence-electron chi connectivity index (χ0n) is 9.36. The van der Waals surface area contributed by atoms with Gasteiger partial charge in [-0.1, -0.05) is 0 Å². The number of benzene rings is 1. The molecule has 0 unspecified atom stereocenters. The van der Waals surface area contributed by atoms with E-state index in [-0.39, 0.29) is 0 Å². The van der Waals surface area contributed by atoms with Gasteiger partial charge >= 0.3 is 108 Å². The summed E-state index contributed by atoms with van der Waals surface area (Å²) < 4.78 is 1.35. The van der Waals surface area contributed by atoms with Crippen molar-refractivity contribution in [2.24, 2.45) is 0 Å². The monoisotopic (exact) mass is 383 g/mol. The Kier molecular flexibility index (Phi) is 3.73. The average Bonchev–Trinajstić information content (AvgIpc) is 2.30. The Morgan fingerprint density at radius 2 is 2.12 bits per heavy atom.